The smallest absolute Gasteiger partial charge is 0.188 e. The van der Waals surface area contributed by atoms with Gasteiger partial charge in [0, 0.05) is 18.1 Å². The minimum absolute atomic E-state index is 0.0208. The first-order chi connectivity index (χ1) is 8.22. The van der Waals surface area contributed by atoms with Crippen molar-refractivity contribution in [3.8, 4) is 0 Å². The quantitative estimate of drug-likeness (QED) is 0.314. The van der Waals surface area contributed by atoms with Crippen molar-refractivity contribution in [2.45, 2.75) is 26.4 Å². The van der Waals surface area contributed by atoms with Crippen LogP contribution in [0.15, 0.2) is 35.4 Å². The van der Waals surface area contributed by atoms with Crippen LogP contribution in [0.4, 0.5) is 0 Å². The van der Waals surface area contributed by atoms with Gasteiger partial charge in [-0.3, -0.25) is 9.59 Å². The van der Waals surface area contributed by atoms with Gasteiger partial charge in [0.15, 0.2) is 17.7 Å². The summed E-state index contributed by atoms with van der Waals surface area (Å²) in [5, 5.41) is 28.1. The third kappa shape index (κ3) is 4.06. The van der Waals surface area contributed by atoms with Gasteiger partial charge >= 0.3 is 0 Å². The van der Waals surface area contributed by atoms with Crippen LogP contribution in [0.3, 0.4) is 0 Å². The Morgan fingerprint density at radius 1 is 1.39 bits per heavy atom. The first-order valence-electron chi connectivity index (χ1n) is 5.22. The van der Waals surface area contributed by atoms with Gasteiger partial charge in [-0.15, -0.1) is 0 Å². The van der Waals surface area contributed by atoms with Crippen molar-refractivity contribution in [3.63, 3.8) is 0 Å². The molecule has 0 bridgehead atoms. The van der Waals surface area contributed by atoms with Gasteiger partial charge in [-0.1, -0.05) is 13.5 Å². The Balaban J connectivity index is 5.11. The van der Waals surface area contributed by atoms with Gasteiger partial charge in [0.25, 0.3) is 0 Å². The van der Waals surface area contributed by atoms with Crippen molar-refractivity contribution in [2.24, 2.45) is 5.73 Å². The number of carbonyl (C=O) groups is 2. The summed E-state index contributed by atoms with van der Waals surface area (Å²) in [7, 11) is 0. The number of carbonyl (C=O) groups excluding carboxylic acids is 2. The van der Waals surface area contributed by atoms with Crippen molar-refractivity contribution in [2.75, 3.05) is 0 Å². The number of aliphatic hydroxyl groups is 3. The average molecular weight is 255 g/mol. The van der Waals surface area contributed by atoms with Crippen molar-refractivity contribution >= 4 is 11.6 Å². The Labute approximate surface area is 105 Å². The van der Waals surface area contributed by atoms with Crippen molar-refractivity contribution < 1.29 is 24.9 Å². The van der Waals surface area contributed by atoms with Crippen LogP contribution < -0.4 is 5.73 Å². The molecular weight excluding hydrogens is 238 g/mol. The highest BCUT2D eigenvalue weighted by molar-refractivity contribution is 6.05. The number of allylic oxidation sites excluding steroid dienone is 2. The Bertz CT molecular complexity index is 434. The highest BCUT2D eigenvalue weighted by Gasteiger charge is 2.19. The molecule has 0 aliphatic carbocycles. The molecule has 0 amide bonds. The van der Waals surface area contributed by atoms with Gasteiger partial charge in [0.2, 0.25) is 0 Å². The lowest BCUT2D eigenvalue weighted by atomic mass is 10.1. The predicted octanol–water partition coefficient (Wildman–Crippen LogP) is 0.642. The minimum atomic E-state index is -1.74. The Morgan fingerprint density at radius 2 is 1.89 bits per heavy atom. The molecule has 0 aliphatic heterocycles. The summed E-state index contributed by atoms with van der Waals surface area (Å²) < 4.78 is 0. The summed E-state index contributed by atoms with van der Waals surface area (Å²) in [4.78, 5) is 22.6. The fourth-order valence-electron chi connectivity index (χ4n) is 1.04. The number of nitrogens with two attached hydrogens (primary N) is 1. The summed E-state index contributed by atoms with van der Waals surface area (Å²) in [6.07, 6.45) is -1.06. The van der Waals surface area contributed by atoms with Gasteiger partial charge in [-0.05, 0) is 6.92 Å². The highest BCUT2D eigenvalue weighted by atomic mass is 16.3. The molecule has 0 aliphatic rings. The second kappa shape index (κ2) is 6.61. The normalized spacial score (nSPS) is 14.7. The zero-order chi connectivity index (χ0) is 14.5. The summed E-state index contributed by atoms with van der Waals surface area (Å²) >= 11 is 0. The van der Waals surface area contributed by atoms with Gasteiger partial charge in [0.1, 0.15) is 11.5 Å². The average Bonchev–Trinajstić information content (AvgIpc) is 2.34. The minimum Gasteiger partial charge on any atom is -0.509 e. The van der Waals surface area contributed by atoms with E-state index < -0.39 is 29.2 Å². The van der Waals surface area contributed by atoms with E-state index in [2.05, 4.69) is 6.58 Å². The van der Waals surface area contributed by atoms with Crippen LogP contribution >= 0.6 is 0 Å². The molecule has 6 nitrogen and oxygen atoms in total. The lowest BCUT2D eigenvalue weighted by molar-refractivity contribution is -0.126. The zero-order valence-electron chi connectivity index (χ0n) is 10.3. The lowest BCUT2D eigenvalue weighted by Gasteiger charge is -2.07. The lowest BCUT2D eigenvalue weighted by Crippen LogP contribution is -2.22. The fourth-order valence-corrected chi connectivity index (χ4v) is 1.04. The summed E-state index contributed by atoms with van der Waals surface area (Å²) in [5.41, 5.74) is 4.85. The standard InChI is InChI=1S/C12H17NO5/c1-4-8(14)12(18)10(16)5-9(15)6(2)11(17)7(3)13/h5,12,16-18H,3-4,13H2,1-2H3/b10-5-,11-6-. The highest BCUT2D eigenvalue weighted by Crippen LogP contribution is 2.10. The van der Waals surface area contributed by atoms with E-state index in [1.807, 2.05) is 0 Å². The molecule has 0 aromatic carbocycles. The van der Waals surface area contributed by atoms with Crippen LogP contribution in [0, 0.1) is 0 Å². The third-order valence-corrected chi connectivity index (χ3v) is 2.24. The Morgan fingerprint density at radius 3 is 2.28 bits per heavy atom. The maximum Gasteiger partial charge on any atom is 0.188 e. The molecule has 0 fully saturated rings. The van der Waals surface area contributed by atoms with Crippen LogP contribution in [0.5, 0.6) is 0 Å². The van der Waals surface area contributed by atoms with Crippen molar-refractivity contribution in [3.05, 3.63) is 35.4 Å². The molecule has 1 atom stereocenters. The van der Waals surface area contributed by atoms with Crippen LogP contribution in [-0.2, 0) is 9.59 Å². The molecular formula is C12H17NO5. The van der Waals surface area contributed by atoms with E-state index in [1.165, 1.54) is 13.8 Å². The number of Topliss-reactive ketones (excluding diaryl/α,β-unsaturated/α-hetero) is 1. The predicted molar refractivity (Wildman–Crippen MR) is 65.7 cm³/mol. The van der Waals surface area contributed by atoms with Gasteiger partial charge in [0.05, 0.1) is 5.70 Å². The molecule has 100 valence electrons. The second-order valence-corrected chi connectivity index (χ2v) is 3.65. The molecule has 0 aromatic rings. The molecule has 0 heterocycles. The molecule has 0 saturated heterocycles. The van der Waals surface area contributed by atoms with E-state index in [4.69, 9.17) is 5.73 Å². The first-order valence-corrected chi connectivity index (χ1v) is 5.22. The molecule has 18 heavy (non-hydrogen) atoms. The molecule has 0 saturated carbocycles. The molecule has 0 aromatic heterocycles. The van der Waals surface area contributed by atoms with E-state index in [-0.39, 0.29) is 17.7 Å². The summed E-state index contributed by atoms with van der Waals surface area (Å²) in [6.45, 7) is 6.03. The molecule has 0 radical (unpaired) electrons. The molecule has 6 heteroatoms. The Kier molecular flexibility index (Phi) is 5.84. The summed E-state index contributed by atoms with van der Waals surface area (Å²) in [6, 6.07) is 0. The monoisotopic (exact) mass is 255 g/mol. The van der Waals surface area contributed by atoms with Gasteiger partial charge < -0.3 is 21.1 Å². The maximum absolute atomic E-state index is 11.5. The van der Waals surface area contributed by atoms with Crippen LogP contribution in [0.25, 0.3) is 0 Å². The summed E-state index contributed by atoms with van der Waals surface area (Å²) in [5.74, 6) is -2.67. The second-order valence-electron chi connectivity index (χ2n) is 3.65. The largest absolute Gasteiger partial charge is 0.509 e. The molecule has 1 unspecified atom stereocenters. The van der Waals surface area contributed by atoms with E-state index >= 15 is 0 Å². The third-order valence-electron chi connectivity index (χ3n) is 2.24. The number of hydrogen-bond acceptors (Lipinski definition) is 6. The van der Waals surface area contributed by atoms with Gasteiger partial charge in [-0.2, -0.15) is 0 Å². The molecule has 0 spiro atoms. The molecule has 0 rings (SSSR count). The number of ketones is 2. The topological polar surface area (TPSA) is 121 Å². The number of rotatable bonds is 6. The zero-order valence-corrected chi connectivity index (χ0v) is 10.3. The van der Waals surface area contributed by atoms with E-state index in [9.17, 15) is 24.9 Å². The van der Waals surface area contributed by atoms with E-state index in [1.54, 1.807) is 0 Å². The molecule has 5 N–H and O–H groups in total. The number of hydrogen-bond donors (Lipinski definition) is 4. The van der Waals surface area contributed by atoms with Crippen molar-refractivity contribution in [1.82, 2.24) is 0 Å². The van der Waals surface area contributed by atoms with Crippen LogP contribution in [0.2, 0.25) is 0 Å². The maximum atomic E-state index is 11.5. The fraction of sp³-hybridized carbons (Fsp3) is 0.333. The van der Waals surface area contributed by atoms with E-state index in [0.717, 1.165) is 0 Å². The van der Waals surface area contributed by atoms with Crippen LogP contribution in [-0.4, -0.2) is 33.0 Å². The number of aliphatic hydroxyl groups excluding tert-OH is 3. The Hall–Kier alpha value is -2.08. The van der Waals surface area contributed by atoms with Crippen molar-refractivity contribution in [1.29, 1.82) is 0 Å². The van der Waals surface area contributed by atoms with E-state index in [0.29, 0.717) is 6.08 Å². The SMILES string of the molecule is C=C(N)/C(O)=C(\C)C(=O)/C=C(\O)C(O)C(=O)CC. The first kappa shape index (κ1) is 15.9. The van der Waals surface area contributed by atoms with Crippen LogP contribution in [0.1, 0.15) is 20.3 Å². The van der Waals surface area contributed by atoms with Gasteiger partial charge in [-0.25, -0.2) is 0 Å².